The summed E-state index contributed by atoms with van der Waals surface area (Å²) in [6.45, 7) is 6.31. The van der Waals surface area contributed by atoms with Crippen molar-refractivity contribution in [1.82, 2.24) is 4.90 Å². The molecule has 3 nitrogen and oxygen atoms in total. The van der Waals surface area contributed by atoms with Gasteiger partial charge in [0.1, 0.15) is 7.05 Å². The van der Waals surface area contributed by atoms with Crippen molar-refractivity contribution in [3.8, 4) is 0 Å². The number of hydrogen-bond acceptors (Lipinski definition) is 3. The summed E-state index contributed by atoms with van der Waals surface area (Å²) in [7, 11) is 4.20. The SMILES string of the molecule is CN1CCSC1=CC=CC1=[N+](C)CC(C)(C)O1. The monoisotopic (exact) mass is 253 g/mol. The lowest BCUT2D eigenvalue weighted by atomic mass is 10.1. The predicted octanol–water partition coefficient (Wildman–Crippen LogP) is 1.91. The van der Waals surface area contributed by atoms with Crippen LogP contribution in [0.1, 0.15) is 13.8 Å². The Morgan fingerprint density at radius 3 is 2.76 bits per heavy atom. The van der Waals surface area contributed by atoms with Gasteiger partial charge in [0.05, 0.1) is 5.03 Å². The number of likely N-dealkylation sites (N-methyl/N-ethyl adjacent to an activating group) is 1. The molecule has 0 N–H and O–H groups in total. The molecule has 17 heavy (non-hydrogen) atoms. The fourth-order valence-corrected chi connectivity index (χ4v) is 3.16. The van der Waals surface area contributed by atoms with Crippen LogP contribution >= 0.6 is 11.8 Å². The van der Waals surface area contributed by atoms with E-state index in [9.17, 15) is 0 Å². The zero-order valence-corrected chi connectivity index (χ0v) is 11.9. The van der Waals surface area contributed by atoms with Gasteiger partial charge in [0.25, 0.3) is 0 Å². The first-order chi connectivity index (χ1) is 7.98. The van der Waals surface area contributed by atoms with E-state index in [1.165, 1.54) is 10.8 Å². The highest BCUT2D eigenvalue weighted by molar-refractivity contribution is 8.03. The van der Waals surface area contributed by atoms with Gasteiger partial charge >= 0.3 is 5.90 Å². The van der Waals surface area contributed by atoms with Crippen molar-refractivity contribution in [3.63, 3.8) is 0 Å². The fourth-order valence-electron chi connectivity index (χ4n) is 2.10. The van der Waals surface area contributed by atoms with E-state index in [2.05, 4.69) is 55.6 Å². The number of nitrogens with zero attached hydrogens (tertiary/aromatic N) is 2. The van der Waals surface area contributed by atoms with Crippen molar-refractivity contribution in [2.75, 3.05) is 32.9 Å². The maximum Gasteiger partial charge on any atom is 0.363 e. The standard InChI is InChI=1S/C13H21N2OS/c1-13(2)10-15(4)11(16-13)6-5-7-12-14(3)8-9-17-12/h5-7H,8-10H2,1-4H3/q+1. The van der Waals surface area contributed by atoms with Gasteiger partial charge in [-0.05, 0) is 26.0 Å². The molecule has 0 radical (unpaired) electrons. The van der Waals surface area contributed by atoms with Gasteiger partial charge in [-0.15, -0.1) is 11.8 Å². The van der Waals surface area contributed by atoms with Crippen molar-refractivity contribution in [3.05, 3.63) is 23.3 Å². The first-order valence-corrected chi connectivity index (χ1v) is 6.96. The number of rotatable bonds is 2. The Morgan fingerprint density at radius 2 is 2.24 bits per heavy atom. The maximum atomic E-state index is 5.86. The highest BCUT2D eigenvalue weighted by Crippen LogP contribution is 2.25. The van der Waals surface area contributed by atoms with Gasteiger partial charge in [-0.3, -0.25) is 0 Å². The van der Waals surface area contributed by atoms with Crippen LogP contribution in [0.15, 0.2) is 23.3 Å². The molecule has 0 spiro atoms. The average Bonchev–Trinajstić information content (AvgIpc) is 2.72. The molecule has 1 saturated heterocycles. The van der Waals surface area contributed by atoms with E-state index in [1.807, 2.05) is 11.8 Å². The summed E-state index contributed by atoms with van der Waals surface area (Å²) in [5.74, 6) is 2.15. The Labute approximate surface area is 108 Å². The van der Waals surface area contributed by atoms with Crippen molar-refractivity contribution in [2.45, 2.75) is 19.4 Å². The Kier molecular flexibility index (Phi) is 3.52. The Balaban J connectivity index is 2.00. The quantitative estimate of drug-likeness (QED) is 0.699. The zero-order chi connectivity index (χ0) is 12.5. The molecule has 0 aromatic rings. The van der Waals surface area contributed by atoms with Gasteiger partial charge in [-0.2, -0.15) is 4.58 Å². The average molecular weight is 253 g/mol. The molecule has 0 atom stereocenters. The maximum absolute atomic E-state index is 5.86. The van der Waals surface area contributed by atoms with E-state index < -0.39 is 0 Å². The molecule has 0 saturated carbocycles. The third kappa shape index (κ3) is 3.06. The van der Waals surface area contributed by atoms with Gasteiger partial charge in [0, 0.05) is 25.4 Å². The second-order valence-corrected chi connectivity index (χ2v) is 6.31. The number of hydrogen-bond donors (Lipinski definition) is 0. The van der Waals surface area contributed by atoms with E-state index in [1.54, 1.807) is 0 Å². The van der Waals surface area contributed by atoms with Gasteiger partial charge in [0.15, 0.2) is 12.1 Å². The lowest BCUT2D eigenvalue weighted by Gasteiger charge is -2.11. The molecule has 0 unspecified atom stereocenters. The molecule has 0 aromatic carbocycles. The third-order valence-electron chi connectivity index (χ3n) is 2.91. The molecule has 0 aliphatic carbocycles. The molecule has 94 valence electrons. The number of allylic oxidation sites excluding steroid dienone is 2. The normalized spacial score (nSPS) is 26.4. The van der Waals surface area contributed by atoms with E-state index in [4.69, 9.17) is 4.74 Å². The lowest BCUT2D eigenvalue weighted by Crippen LogP contribution is -2.25. The molecule has 2 aliphatic heterocycles. The first-order valence-electron chi connectivity index (χ1n) is 5.97. The molecule has 0 amide bonds. The van der Waals surface area contributed by atoms with Crippen molar-refractivity contribution < 1.29 is 9.31 Å². The highest BCUT2D eigenvalue weighted by atomic mass is 32.2. The van der Waals surface area contributed by atoms with E-state index in [-0.39, 0.29) is 5.60 Å². The minimum absolute atomic E-state index is 0.0690. The third-order valence-corrected chi connectivity index (χ3v) is 4.04. The molecule has 2 aliphatic rings. The second kappa shape index (κ2) is 4.77. The zero-order valence-electron chi connectivity index (χ0n) is 11.1. The van der Waals surface area contributed by atoms with Crippen molar-refractivity contribution >= 4 is 17.7 Å². The van der Waals surface area contributed by atoms with E-state index in [0.717, 1.165) is 19.0 Å². The molecule has 0 aromatic heterocycles. The molecule has 2 heterocycles. The largest absolute Gasteiger partial charge is 0.432 e. The van der Waals surface area contributed by atoms with Crippen LogP contribution < -0.4 is 0 Å². The second-order valence-electron chi connectivity index (χ2n) is 5.19. The summed E-state index contributed by atoms with van der Waals surface area (Å²) in [5, 5.41) is 1.33. The van der Waals surface area contributed by atoms with Gasteiger partial charge in [-0.1, -0.05) is 0 Å². The summed E-state index contributed by atoms with van der Waals surface area (Å²) in [6, 6.07) is 0. The highest BCUT2D eigenvalue weighted by Gasteiger charge is 2.35. The lowest BCUT2D eigenvalue weighted by molar-refractivity contribution is -0.493. The van der Waals surface area contributed by atoms with Crippen LogP contribution in [-0.2, 0) is 4.74 Å². The Morgan fingerprint density at radius 1 is 1.47 bits per heavy atom. The van der Waals surface area contributed by atoms with Crippen molar-refractivity contribution in [2.24, 2.45) is 0 Å². The predicted molar refractivity (Wildman–Crippen MR) is 73.5 cm³/mol. The van der Waals surface area contributed by atoms with Crippen LogP contribution in [-0.4, -0.2) is 53.9 Å². The minimum Gasteiger partial charge on any atom is -0.432 e. The molecular formula is C13H21N2OS+. The summed E-state index contributed by atoms with van der Waals surface area (Å²) in [4.78, 5) is 2.28. The van der Waals surface area contributed by atoms with Crippen LogP contribution in [0.2, 0.25) is 0 Å². The number of ether oxygens (including phenoxy) is 1. The van der Waals surface area contributed by atoms with Crippen molar-refractivity contribution in [1.29, 1.82) is 0 Å². The van der Waals surface area contributed by atoms with E-state index in [0.29, 0.717) is 0 Å². The van der Waals surface area contributed by atoms with Gasteiger partial charge < -0.3 is 9.64 Å². The Hall–Kier alpha value is -0.900. The van der Waals surface area contributed by atoms with Gasteiger partial charge in [0.2, 0.25) is 0 Å². The molecule has 0 bridgehead atoms. The van der Waals surface area contributed by atoms with Crippen LogP contribution in [0.5, 0.6) is 0 Å². The van der Waals surface area contributed by atoms with Gasteiger partial charge in [-0.25, -0.2) is 0 Å². The molecule has 2 rings (SSSR count). The smallest absolute Gasteiger partial charge is 0.363 e. The van der Waals surface area contributed by atoms with Crippen LogP contribution in [0, 0.1) is 0 Å². The summed E-state index contributed by atoms with van der Waals surface area (Å²) in [6.07, 6.45) is 6.29. The van der Waals surface area contributed by atoms with Crippen LogP contribution in [0.4, 0.5) is 0 Å². The summed E-state index contributed by atoms with van der Waals surface area (Å²) < 4.78 is 8.01. The minimum atomic E-state index is -0.0690. The summed E-state index contributed by atoms with van der Waals surface area (Å²) in [5.41, 5.74) is -0.0690. The molecule has 1 fully saturated rings. The van der Waals surface area contributed by atoms with Crippen LogP contribution in [0.25, 0.3) is 0 Å². The fraction of sp³-hybridized carbons (Fsp3) is 0.615. The topological polar surface area (TPSA) is 15.5 Å². The Bertz CT molecular complexity index is 396. The number of thioether (sulfide) groups is 1. The molecular weight excluding hydrogens is 232 g/mol. The first kappa shape index (κ1) is 12.6. The van der Waals surface area contributed by atoms with Crippen LogP contribution in [0.3, 0.4) is 0 Å². The molecule has 4 heteroatoms. The van der Waals surface area contributed by atoms with E-state index >= 15 is 0 Å². The summed E-state index contributed by atoms with van der Waals surface area (Å²) >= 11 is 1.91.